The molecule has 1 atom stereocenters. The zero-order valence-electron chi connectivity index (χ0n) is 10.5. The number of carbonyl (C=O) groups excluding carboxylic acids is 1. The van der Waals surface area contributed by atoms with Gasteiger partial charge in [0.2, 0.25) is 0 Å². The van der Waals surface area contributed by atoms with Crippen molar-refractivity contribution in [3.63, 3.8) is 0 Å². The molecule has 1 saturated heterocycles. The standard InChI is InChI=1S/C11H12F3N3O3/c1-16-7(2-4-15-16)8(18)17-5-3-10(6-17,9(19)20)11(12,13)14/h2,4H,3,5-6H2,1H3,(H,19,20). The summed E-state index contributed by atoms with van der Waals surface area (Å²) in [6.45, 7) is -1.13. The number of halogens is 3. The molecular weight excluding hydrogens is 279 g/mol. The van der Waals surface area contributed by atoms with Gasteiger partial charge in [-0.25, -0.2) is 0 Å². The Bertz CT molecular complexity index is 555. The molecule has 0 spiro atoms. The highest BCUT2D eigenvalue weighted by Crippen LogP contribution is 2.45. The van der Waals surface area contributed by atoms with Crippen molar-refractivity contribution in [2.75, 3.05) is 13.1 Å². The van der Waals surface area contributed by atoms with E-state index >= 15 is 0 Å². The summed E-state index contributed by atoms with van der Waals surface area (Å²) < 4.78 is 40.2. The molecule has 1 unspecified atom stereocenters. The summed E-state index contributed by atoms with van der Waals surface area (Å²) in [5, 5.41) is 12.7. The van der Waals surface area contributed by atoms with Crippen LogP contribution in [0.2, 0.25) is 0 Å². The van der Waals surface area contributed by atoms with Gasteiger partial charge in [-0.2, -0.15) is 18.3 Å². The number of carboxylic acid groups (broad SMARTS) is 1. The number of aromatic nitrogens is 2. The molecule has 0 radical (unpaired) electrons. The van der Waals surface area contributed by atoms with Crippen molar-refractivity contribution in [1.29, 1.82) is 0 Å². The first-order valence-corrected chi connectivity index (χ1v) is 5.76. The van der Waals surface area contributed by atoms with Crippen LogP contribution < -0.4 is 0 Å². The van der Waals surface area contributed by atoms with E-state index in [1.54, 1.807) is 0 Å². The third kappa shape index (κ3) is 2.02. The molecule has 0 aromatic carbocycles. The number of aryl methyl sites for hydroxylation is 1. The van der Waals surface area contributed by atoms with Crippen LogP contribution in [0.1, 0.15) is 16.9 Å². The average molecular weight is 291 g/mol. The van der Waals surface area contributed by atoms with Crippen molar-refractivity contribution in [2.45, 2.75) is 12.6 Å². The lowest BCUT2D eigenvalue weighted by Crippen LogP contribution is -2.47. The van der Waals surface area contributed by atoms with E-state index < -0.39 is 36.4 Å². The molecule has 1 aliphatic rings. The van der Waals surface area contributed by atoms with Crippen LogP contribution in [-0.4, -0.2) is 50.9 Å². The van der Waals surface area contributed by atoms with Gasteiger partial charge in [-0.05, 0) is 12.5 Å². The molecule has 1 aromatic rings. The summed E-state index contributed by atoms with van der Waals surface area (Å²) in [6.07, 6.45) is -4.20. The van der Waals surface area contributed by atoms with Crippen LogP contribution in [0.4, 0.5) is 13.2 Å². The van der Waals surface area contributed by atoms with Gasteiger partial charge in [-0.1, -0.05) is 0 Å². The highest BCUT2D eigenvalue weighted by molar-refractivity contribution is 5.93. The number of hydrogen-bond acceptors (Lipinski definition) is 3. The summed E-state index contributed by atoms with van der Waals surface area (Å²) >= 11 is 0. The number of rotatable bonds is 2. The predicted octanol–water partition coefficient (Wildman–Crippen LogP) is 0.899. The van der Waals surface area contributed by atoms with Crippen molar-refractivity contribution >= 4 is 11.9 Å². The molecule has 1 fully saturated rings. The number of amides is 1. The second kappa shape index (κ2) is 4.50. The molecule has 2 rings (SSSR count). The summed E-state index contributed by atoms with van der Waals surface area (Å²) in [5.74, 6) is -2.61. The maximum atomic E-state index is 13.0. The third-order valence-electron chi connectivity index (χ3n) is 3.55. The van der Waals surface area contributed by atoms with Gasteiger partial charge < -0.3 is 10.0 Å². The lowest BCUT2D eigenvalue weighted by atomic mass is 9.86. The second-order valence-electron chi connectivity index (χ2n) is 4.70. The molecule has 1 aliphatic heterocycles. The molecule has 0 aliphatic carbocycles. The van der Waals surface area contributed by atoms with Crippen LogP contribution in [-0.2, 0) is 11.8 Å². The van der Waals surface area contributed by atoms with E-state index in [0.29, 0.717) is 0 Å². The first-order valence-electron chi connectivity index (χ1n) is 5.76. The van der Waals surface area contributed by atoms with Crippen LogP contribution in [0.5, 0.6) is 0 Å². The first kappa shape index (κ1) is 14.4. The SMILES string of the molecule is Cn1nccc1C(=O)N1CCC(C(=O)O)(C(F)(F)F)C1. The van der Waals surface area contributed by atoms with Crippen LogP contribution >= 0.6 is 0 Å². The summed E-state index contributed by atoms with van der Waals surface area (Å²) in [5.41, 5.74) is -2.77. The average Bonchev–Trinajstić information content (AvgIpc) is 2.93. The Hall–Kier alpha value is -2.06. The number of hydrogen-bond donors (Lipinski definition) is 1. The Balaban J connectivity index is 2.26. The van der Waals surface area contributed by atoms with Gasteiger partial charge in [0.1, 0.15) is 5.69 Å². The van der Waals surface area contributed by atoms with E-state index in [1.165, 1.54) is 24.0 Å². The fourth-order valence-corrected chi connectivity index (χ4v) is 2.26. The minimum Gasteiger partial charge on any atom is -0.481 e. The quantitative estimate of drug-likeness (QED) is 0.878. The zero-order chi connectivity index (χ0) is 15.1. The second-order valence-corrected chi connectivity index (χ2v) is 4.70. The molecule has 2 heterocycles. The minimum atomic E-state index is -4.90. The largest absolute Gasteiger partial charge is 0.481 e. The normalized spacial score (nSPS) is 23.1. The molecule has 6 nitrogen and oxygen atoms in total. The predicted molar refractivity (Wildman–Crippen MR) is 59.9 cm³/mol. The van der Waals surface area contributed by atoms with E-state index in [4.69, 9.17) is 5.11 Å². The summed E-state index contributed by atoms with van der Waals surface area (Å²) in [4.78, 5) is 24.0. The van der Waals surface area contributed by atoms with Gasteiger partial charge in [0, 0.05) is 26.3 Å². The minimum absolute atomic E-state index is 0.119. The van der Waals surface area contributed by atoms with E-state index in [9.17, 15) is 22.8 Å². The van der Waals surface area contributed by atoms with Crippen molar-refractivity contribution in [3.05, 3.63) is 18.0 Å². The molecule has 20 heavy (non-hydrogen) atoms. The summed E-state index contributed by atoms with van der Waals surface area (Å²) in [6, 6.07) is 1.37. The van der Waals surface area contributed by atoms with Crippen molar-refractivity contribution in [3.8, 4) is 0 Å². The smallest absolute Gasteiger partial charge is 0.406 e. The number of carboxylic acids is 1. The molecule has 1 aromatic heterocycles. The zero-order valence-corrected chi connectivity index (χ0v) is 10.5. The Labute approximate surface area is 111 Å². The number of alkyl halides is 3. The number of aliphatic carboxylic acids is 1. The van der Waals surface area contributed by atoms with E-state index in [2.05, 4.69) is 5.10 Å². The highest BCUT2D eigenvalue weighted by atomic mass is 19.4. The first-order chi connectivity index (χ1) is 9.19. The van der Waals surface area contributed by atoms with Crippen LogP contribution in [0.3, 0.4) is 0 Å². The molecule has 9 heteroatoms. The molecule has 1 amide bonds. The van der Waals surface area contributed by atoms with Gasteiger partial charge >= 0.3 is 12.1 Å². The van der Waals surface area contributed by atoms with Crippen molar-refractivity contribution in [1.82, 2.24) is 14.7 Å². The maximum absolute atomic E-state index is 13.0. The molecular formula is C11H12F3N3O3. The molecule has 0 saturated carbocycles. The van der Waals surface area contributed by atoms with E-state index in [0.717, 1.165) is 4.90 Å². The van der Waals surface area contributed by atoms with Crippen molar-refractivity contribution in [2.24, 2.45) is 12.5 Å². The highest BCUT2D eigenvalue weighted by Gasteiger charge is 2.64. The van der Waals surface area contributed by atoms with Gasteiger partial charge in [0.05, 0.1) is 0 Å². The Kier molecular flexibility index (Phi) is 3.23. The fourth-order valence-electron chi connectivity index (χ4n) is 2.26. The monoisotopic (exact) mass is 291 g/mol. The molecule has 110 valence electrons. The Morgan fingerprint density at radius 2 is 2.10 bits per heavy atom. The molecule has 0 bridgehead atoms. The number of nitrogens with zero attached hydrogens (tertiary/aromatic N) is 3. The van der Waals surface area contributed by atoms with Crippen LogP contribution in [0, 0.1) is 5.41 Å². The fraction of sp³-hybridized carbons (Fsp3) is 0.545. The van der Waals surface area contributed by atoms with E-state index in [1.807, 2.05) is 0 Å². The Morgan fingerprint density at radius 1 is 1.45 bits per heavy atom. The van der Waals surface area contributed by atoms with Gasteiger partial charge in [-0.15, -0.1) is 0 Å². The van der Waals surface area contributed by atoms with Crippen LogP contribution in [0.25, 0.3) is 0 Å². The maximum Gasteiger partial charge on any atom is 0.406 e. The van der Waals surface area contributed by atoms with Crippen LogP contribution in [0.15, 0.2) is 12.3 Å². The lowest BCUT2D eigenvalue weighted by Gasteiger charge is -2.27. The third-order valence-corrected chi connectivity index (χ3v) is 3.55. The van der Waals surface area contributed by atoms with E-state index in [-0.39, 0.29) is 12.2 Å². The van der Waals surface area contributed by atoms with Gasteiger partial charge in [0.25, 0.3) is 5.91 Å². The number of likely N-dealkylation sites (tertiary alicyclic amines) is 1. The molecule has 1 N–H and O–H groups in total. The Morgan fingerprint density at radius 3 is 2.50 bits per heavy atom. The topological polar surface area (TPSA) is 75.4 Å². The summed E-state index contributed by atoms with van der Waals surface area (Å²) in [7, 11) is 1.48. The van der Waals surface area contributed by atoms with Gasteiger partial charge in [-0.3, -0.25) is 14.3 Å². The number of carbonyl (C=O) groups is 2. The van der Waals surface area contributed by atoms with Gasteiger partial charge in [0.15, 0.2) is 5.41 Å². The van der Waals surface area contributed by atoms with Crippen molar-refractivity contribution < 1.29 is 27.9 Å². The lowest BCUT2D eigenvalue weighted by molar-refractivity contribution is -0.227.